The Morgan fingerprint density at radius 2 is 2.19 bits per heavy atom. The van der Waals surface area contributed by atoms with Crippen LogP contribution in [0.5, 0.6) is 0 Å². The van der Waals surface area contributed by atoms with Gasteiger partial charge in [-0.1, -0.05) is 0 Å². The number of rotatable bonds is 7. The Balaban J connectivity index is 2.60. The molecule has 1 aromatic heterocycles. The van der Waals surface area contributed by atoms with Crippen molar-refractivity contribution in [2.24, 2.45) is 0 Å². The van der Waals surface area contributed by atoms with E-state index in [0.29, 0.717) is 5.75 Å². The van der Waals surface area contributed by atoms with Crippen LogP contribution in [0.2, 0.25) is 0 Å². The number of nitrogens with zero attached hydrogens (tertiary/aromatic N) is 2. The highest BCUT2D eigenvalue weighted by atomic mass is 32.2. The number of amides is 1. The summed E-state index contributed by atoms with van der Waals surface area (Å²) in [5.74, 6) is -1.36. The summed E-state index contributed by atoms with van der Waals surface area (Å²) in [5.41, 5.74) is -1.10. The number of thioether (sulfide) groups is 1. The fraction of sp³-hybridized carbons (Fsp3) is 0.545. The van der Waals surface area contributed by atoms with E-state index in [9.17, 15) is 22.8 Å². The van der Waals surface area contributed by atoms with Gasteiger partial charge in [0.1, 0.15) is 12.6 Å². The van der Waals surface area contributed by atoms with Crippen molar-refractivity contribution in [1.82, 2.24) is 15.1 Å². The molecular formula is C11H14F3N3O3S. The van der Waals surface area contributed by atoms with Gasteiger partial charge < -0.3 is 10.4 Å². The lowest BCUT2D eigenvalue weighted by Crippen LogP contribution is -2.42. The Labute approximate surface area is 122 Å². The molecule has 0 saturated heterocycles. The van der Waals surface area contributed by atoms with Crippen LogP contribution < -0.4 is 5.32 Å². The van der Waals surface area contributed by atoms with Crippen LogP contribution in [0, 0.1) is 0 Å². The fourth-order valence-electron chi connectivity index (χ4n) is 1.48. The maximum atomic E-state index is 12.3. The highest BCUT2D eigenvalue weighted by Crippen LogP contribution is 2.27. The Morgan fingerprint density at radius 1 is 1.52 bits per heavy atom. The molecule has 10 heteroatoms. The van der Waals surface area contributed by atoms with Crippen molar-refractivity contribution in [2.45, 2.75) is 25.2 Å². The first kappa shape index (κ1) is 17.3. The molecule has 2 N–H and O–H groups in total. The third-order valence-electron chi connectivity index (χ3n) is 2.48. The van der Waals surface area contributed by atoms with Gasteiger partial charge in [0.2, 0.25) is 5.91 Å². The smallest absolute Gasteiger partial charge is 0.435 e. The third-order valence-corrected chi connectivity index (χ3v) is 3.12. The first-order valence-electron chi connectivity index (χ1n) is 5.85. The average molecular weight is 325 g/mol. The SMILES string of the molecule is CSCC[C@H](NC(=O)Cn1ccc(C(F)(F)F)n1)C(=O)O. The van der Waals surface area contributed by atoms with Crippen LogP contribution in [-0.4, -0.2) is 44.8 Å². The van der Waals surface area contributed by atoms with Crippen molar-refractivity contribution in [3.63, 3.8) is 0 Å². The van der Waals surface area contributed by atoms with Crippen LogP contribution >= 0.6 is 11.8 Å². The van der Waals surface area contributed by atoms with Crippen LogP contribution in [0.4, 0.5) is 13.2 Å². The van der Waals surface area contributed by atoms with Gasteiger partial charge in [0.25, 0.3) is 0 Å². The quantitative estimate of drug-likeness (QED) is 0.787. The molecule has 0 aliphatic carbocycles. The summed E-state index contributed by atoms with van der Waals surface area (Å²) in [7, 11) is 0. The molecule has 1 atom stereocenters. The van der Waals surface area contributed by atoms with Crippen LogP contribution in [0.3, 0.4) is 0 Å². The number of carbonyl (C=O) groups excluding carboxylic acids is 1. The van der Waals surface area contributed by atoms with Gasteiger partial charge >= 0.3 is 12.1 Å². The van der Waals surface area contributed by atoms with Gasteiger partial charge in [0, 0.05) is 6.20 Å². The van der Waals surface area contributed by atoms with Crippen LogP contribution in [0.1, 0.15) is 12.1 Å². The number of hydrogen-bond donors (Lipinski definition) is 2. The standard InChI is InChI=1S/C11H14F3N3O3S/c1-21-5-3-7(10(19)20)15-9(18)6-17-4-2-8(16-17)11(12,13)14/h2,4,7H,3,5-6H2,1H3,(H,15,18)(H,19,20)/t7-/m0/s1. The van der Waals surface area contributed by atoms with Crippen molar-refractivity contribution in [3.05, 3.63) is 18.0 Å². The lowest BCUT2D eigenvalue weighted by atomic mass is 10.2. The molecule has 0 bridgehead atoms. The number of carboxylic acids is 1. The van der Waals surface area contributed by atoms with Crippen molar-refractivity contribution in [2.75, 3.05) is 12.0 Å². The van der Waals surface area contributed by atoms with Gasteiger partial charge in [-0.3, -0.25) is 9.48 Å². The maximum absolute atomic E-state index is 12.3. The van der Waals surface area contributed by atoms with E-state index in [1.54, 1.807) is 6.26 Å². The molecule has 0 aromatic carbocycles. The zero-order valence-electron chi connectivity index (χ0n) is 11.1. The topological polar surface area (TPSA) is 84.2 Å². The van der Waals surface area contributed by atoms with Crippen molar-refractivity contribution in [3.8, 4) is 0 Å². The second-order valence-electron chi connectivity index (χ2n) is 4.14. The van der Waals surface area contributed by atoms with Gasteiger partial charge in [-0.15, -0.1) is 0 Å². The zero-order chi connectivity index (χ0) is 16.0. The van der Waals surface area contributed by atoms with Gasteiger partial charge in [0.05, 0.1) is 0 Å². The highest BCUT2D eigenvalue weighted by Gasteiger charge is 2.33. The molecule has 1 amide bonds. The molecule has 0 aliphatic heterocycles. The normalized spacial score (nSPS) is 13.0. The number of carboxylic acid groups (broad SMARTS) is 1. The molecule has 0 unspecified atom stereocenters. The van der Waals surface area contributed by atoms with Gasteiger partial charge in [0.15, 0.2) is 5.69 Å². The zero-order valence-corrected chi connectivity index (χ0v) is 11.9. The van der Waals surface area contributed by atoms with E-state index in [2.05, 4.69) is 10.4 Å². The van der Waals surface area contributed by atoms with Crippen molar-refractivity contribution < 1.29 is 27.9 Å². The largest absolute Gasteiger partial charge is 0.480 e. The highest BCUT2D eigenvalue weighted by molar-refractivity contribution is 7.98. The monoisotopic (exact) mass is 325 g/mol. The Bertz CT molecular complexity index is 504. The summed E-state index contributed by atoms with van der Waals surface area (Å²) in [6.45, 7) is -0.473. The molecule has 0 fully saturated rings. The average Bonchev–Trinajstić information content (AvgIpc) is 2.82. The number of alkyl halides is 3. The summed E-state index contributed by atoms with van der Waals surface area (Å²) in [6.07, 6.45) is -1.54. The number of nitrogens with one attached hydrogen (secondary N) is 1. The molecule has 0 saturated carbocycles. The summed E-state index contributed by atoms with van der Waals surface area (Å²) >= 11 is 1.43. The number of halogens is 3. The van der Waals surface area contributed by atoms with E-state index in [-0.39, 0.29) is 6.42 Å². The van der Waals surface area contributed by atoms with E-state index in [1.165, 1.54) is 11.8 Å². The molecule has 1 rings (SSSR count). The molecule has 0 aliphatic rings. The third kappa shape index (κ3) is 5.66. The van der Waals surface area contributed by atoms with Gasteiger partial charge in [-0.2, -0.15) is 30.0 Å². The molecule has 1 aromatic rings. The van der Waals surface area contributed by atoms with Crippen molar-refractivity contribution >= 4 is 23.6 Å². The first-order chi connectivity index (χ1) is 9.74. The van der Waals surface area contributed by atoms with Crippen LogP contribution in [-0.2, 0) is 22.3 Å². The minimum absolute atomic E-state index is 0.231. The Hall–Kier alpha value is -1.71. The number of carbonyl (C=O) groups is 2. The van der Waals surface area contributed by atoms with E-state index in [4.69, 9.17) is 5.11 Å². The fourth-order valence-corrected chi connectivity index (χ4v) is 1.95. The van der Waals surface area contributed by atoms with E-state index >= 15 is 0 Å². The first-order valence-corrected chi connectivity index (χ1v) is 7.25. The van der Waals surface area contributed by atoms with Crippen LogP contribution in [0.15, 0.2) is 12.3 Å². The molecule has 118 valence electrons. The molecule has 0 spiro atoms. The van der Waals surface area contributed by atoms with Crippen molar-refractivity contribution in [1.29, 1.82) is 0 Å². The van der Waals surface area contributed by atoms with Crippen LogP contribution in [0.25, 0.3) is 0 Å². The molecule has 0 radical (unpaired) electrons. The number of hydrogen-bond acceptors (Lipinski definition) is 4. The van der Waals surface area contributed by atoms with Gasteiger partial charge in [-0.05, 0) is 24.5 Å². The second-order valence-corrected chi connectivity index (χ2v) is 5.12. The summed E-state index contributed by atoms with van der Waals surface area (Å²) in [5, 5.41) is 14.4. The Kier molecular flexibility index (Phi) is 6.06. The number of aliphatic carboxylic acids is 1. The molecule has 6 nitrogen and oxygen atoms in total. The van der Waals surface area contributed by atoms with E-state index in [0.717, 1.165) is 16.9 Å². The molecule has 21 heavy (non-hydrogen) atoms. The minimum Gasteiger partial charge on any atom is -0.480 e. The van der Waals surface area contributed by atoms with E-state index < -0.39 is 36.3 Å². The number of aromatic nitrogens is 2. The second kappa shape index (κ2) is 7.34. The molecular weight excluding hydrogens is 311 g/mol. The summed E-state index contributed by atoms with van der Waals surface area (Å²) < 4.78 is 37.8. The summed E-state index contributed by atoms with van der Waals surface area (Å²) in [4.78, 5) is 22.6. The minimum atomic E-state index is -4.58. The lowest BCUT2D eigenvalue weighted by Gasteiger charge is -2.13. The molecule has 1 heterocycles. The lowest BCUT2D eigenvalue weighted by molar-refractivity contribution is -0.142. The van der Waals surface area contributed by atoms with Gasteiger partial charge in [-0.25, -0.2) is 4.79 Å². The predicted octanol–water partition coefficient (Wildman–Crippen LogP) is 1.22. The Morgan fingerprint density at radius 3 is 2.67 bits per heavy atom. The summed E-state index contributed by atoms with van der Waals surface area (Å²) in [6, 6.07) is -0.321. The maximum Gasteiger partial charge on any atom is 0.435 e. The predicted molar refractivity (Wildman–Crippen MR) is 69.8 cm³/mol. The van der Waals surface area contributed by atoms with E-state index in [1.807, 2.05) is 0 Å².